The van der Waals surface area contributed by atoms with Gasteiger partial charge in [0, 0.05) is 0 Å². The van der Waals surface area contributed by atoms with Crippen molar-refractivity contribution >= 4 is 7.82 Å². The van der Waals surface area contributed by atoms with Crippen LogP contribution >= 0.6 is 7.82 Å². The van der Waals surface area contributed by atoms with Crippen molar-refractivity contribution in [1.29, 1.82) is 0 Å². The summed E-state index contributed by atoms with van der Waals surface area (Å²) in [5, 5.41) is 0. The number of likely N-dealkylation sites (N-methyl/N-ethyl adjacent to an activating group) is 1. The number of ether oxygens (including phenoxy) is 2. The molecule has 8 heteroatoms. The monoisotopic (exact) mass is 438 g/mol. The highest BCUT2D eigenvalue weighted by Crippen LogP contribution is 2.43. The van der Waals surface area contributed by atoms with Crippen molar-refractivity contribution < 1.29 is 32.5 Å². The lowest BCUT2D eigenvalue weighted by molar-refractivity contribution is -0.870. The minimum atomic E-state index is -4.19. The van der Waals surface area contributed by atoms with Crippen LogP contribution in [0.25, 0.3) is 0 Å². The third-order valence-corrected chi connectivity index (χ3v) is 5.20. The number of aryl methyl sites for hydroxylation is 2. The van der Waals surface area contributed by atoms with Crippen molar-refractivity contribution in [1.82, 2.24) is 0 Å². The summed E-state index contributed by atoms with van der Waals surface area (Å²) in [5.74, 6) is 1.31. The first-order chi connectivity index (χ1) is 14.0. The van der Waals surface area contributed by atoms with Gasteiger partial charge in [0.05, 0.1) is 27.7 Å². The van der Waals surface area contributed by atoms with Gasteiger partial charge in [-0.1, -0.05) is 35.4 Å². The van der Waals surface area contributed by atoms with E-state index in [0.717, 1.165) is 11.1 Å². The molecule has 0 aliphatic heterocycles. The Morgan fingerprint density at radius 1 is 0.867 bits per heavy atom. The molecule has 0 amide bonds. The maximum atomic E-state index is 12.2. The number of nitrogens with zero attached hydrogens (tertiary/aromatic N) is 1. The van der Waals surface area contributed by atoms with Crippen molar-refractivity contribution in [2.24, 2.45) is 0 Å². The molecular formula is C22H33NO6P+. The molecule has 2 rings (SSSR count). The van der Waals surface area contributed by atoms with Crippen LogP contribution < -0.4 is 9.47 Å². The molecule has 0 aromatic heterocycles. The fraction of sp³-hybridized carbons (Fsp3) is 0.455. The first-order valence-electron chi connectivity index (χ1n) is 9.87. The number of phosphoric acid groups is 1. The minimum Gasteiger partial charge on any atom is -0.490 e. The highest BCUT2D eigenvalue weighted by atomic mass is 31.2. The number of hydrogen-bond donors (Lipinski definition) is 1. The molecule has 0 saturated heterocycles. The van der Waals surface area contributed by atoms with Crippen LogP contribution in [0.15, 0.2) is 48.5 Å². The van der Waals surface area contributed by atoms with Crippen LogP contribution in [0.1, 0.15) is 11.1 Å². The fourth-order valence-electron chi connectivity index (χ4n) is 2.39. The summed E-state index contributed by atoms with van der Waals surface area (Å²) in [6, 6.07) is 15.2. The lowest BCUT2D eigenvalue weighted by atomic mass is 10.2. The van der Waals surface area contributed by atoms with Gasteiger partial charge in [0.2, 0.25) is 0 Å². The van der Waals surface area contributed by atoms with E-state index in [-0.39, 0.29) is 19.8 Å². The summed E-state index contributed by atoms with van der Waals surface area (Å²) in [4.78, 5) is 9.99. The molecule has 1 N–H and O–H groups in total. The van der Waals surface area contributed by atoms with E-state index >= 15 is 0 Å². The molecule has 0 saturated carbocycles. The number of phosphoric ester groups is 1. The molecule has 0 radical (unpaired) electrons. The Labute approximate surface area is 179 Å². The van der Waals surface area contributed by atoms with E-state index in [1.165, 1.54) is 0 Å². The van der Waals surface area contributed by atoms with E-state index < -0.39 is 13.9 Å². The van der Waals surface area contributed by atoms with Gasteiger partial charge in [0.25, 0.3) is 0 Å². The molecule has 0 aliphatic carbocycles. The van der Waals surface area contributed by atoms with Crippen LogP contribution in [0.5, 0.6) is 11.5 Å². The first kappa shape index (κ1) is 24.4. The van der Waals surface area contributed by atoms with E-state index in [0.29, 0.717) is 22.5 Å². The lowest BCUT2D eigenvalue weighted by Crippen LogP contribution is -2.37. The third-order valence-electron chi connectivity index (χ3n) is 4.22. The molecule has 0 heterocycles. The van der Waals surface area contributed by atoms with E-state index in [9.17, 15) is 9.46 Å². The topological polar surface area (TPSA) is 74.2 Å². The zero-order valence-corrected chi connectivity index (χ0v) is 19.3. The largest absolute Gasteiger partial charge is 0.490 e. The molecule has 1 unspecified atom stereocenters. The van der Waals surface area contributed by atoms with E-state index in [4.69, 9.17) is 18.5 Å². The van der Waals surface area contributed by atoms with E-state index in [1.54, 1.807) is 0 Å². The Balaban J connectivity index is 1.96. The summed E-state index contributed by atoms with van der Waals surface area (Å²) in [7, 11) is 1.73. The van der Waals surface area contributed by atoms with Gasteiger partial charge in [-0.15, -0.1) is 0 Å². The van der Waals surface area contributed by atoms with Gasteiger partial charge in [-0.05, 0) is 38.1 Å². The molecule has 30 heavy (non-hydrogen) atoms. The minimum absolute atomic E-state index is 0.112. The molecule has 2 aromatic rings. The predicted octanol–water partition coefficient (Wildman–Crippen LogP) is 3.97. The summed E-state index contributed by atoms with van der Waals surface area (Å²) < 4.78 is 34.8. The van der Waals surface area contributed by atoms with Gasteiger partial charge in [-0.3, -0.25) is 9.05 Å². The molecule has 0 spiro atoms. The zero-order chi connectivity index (χ0) is 22.2. The first-order valence-corrected chi connectivity index (χ1v) is 11.4. The highest BCUT2D eigenvalue weighted by Gasteiger charge is 2.25. The Morgan fingerprint density at radius 2 is 1.40 bits per heavy atom. The van der Waals surface area contributed by atoms with Gasteiger partial charge in [-0.25, -0.2) is 4.57 Å². The van der Waals surface area contributed by atoms with Crippen LogP contribution in [-0.4, -0.2) is 63.0 Å². The van der Waals surface area contributed by atoms with E-state index in [2.05, 4.69) is 0 Å². The van der Waals surface area contributed by atoms with Crippen LogP contribution in [-0.2, 0) is 13.6 Å². The number of benzene rings is 2. The molecule has 0 fully saturated rings. The van der Waals surface area contributed by atoms with Gasteiger partial charge >= 0.3 is 7.82 Å². The SMILES string of the molecule is Cc1ccc(OC[C@H](COP(=O)(O)OCC[N+](C)(C)C)Oc2ccc(C)cc2)cc1. The maximum absolute atomic E-state index is 12.2. The second-order valence-corrected chi connectivity index (χ2v) is 9.74. The van der Waals surface area contributed by atoms with Crippen LogP contribution in [0, 0.1) is 13.8 Å². The van der Waals surface area contributed by atoms with Gasteiger partial charge in [0.15, 0.2) is 6.10 Å². The Kier molecular flexibility index (Phi) is 8.89. The molecule has 166 valence electrons. The van der Waals surface area contributed by atoms with Crippen LogP contribution in [0.4, 0.5) is 0 Å². The summed E-state index contributed by atoms with van der Waals surface area (Å²) >= 11 is 0. The number of hydrogen-bond acceptors (Lipinski definition) is 5. The zero-order valence-electron chi connectivity index (χ0n) is 18.4. The Hall–Kier alpha value is -1.89. The van der Waals surface area contributed by atoms with Crippen molar-refractivity contribution in [3.05, 3.63) is 59.7 Å². The number of rotatable bonds is 12. The van der Waals surface area contributed by atoms with Crippen molar-refractivity contribution in [2.45, 2.75) is 20.0 Å². The normalized spacial score (nSPS) is 14.7. The standard InChI is InChI=1S/C22H32NO6P/c1-18-6-10-20(11-7-18)26-16-22(29-21-12-8-19(2)9-13-21)17-28-30(24,25)27-15-14-23(3,4)5/h6-13,22H,14-17H2,1-5H3/p+1/t22-/m1/s1. The van der Waals surface area contributed by atoms with Crippen LogP contribution in [0.3, 0.4) is 0 Å². The molecule has 7 nitrogen and oxygen atoms in total. The van der Waals surface area contributed by atoms with Crippen molar-refractivity contribution in [3.8, 4) is 11.5 Å². The Bertz CT molecular complexity index is 817. The quantitative estimate of drug-likeness (QED) is 0.399. The summed E-state index contributed by atoms with van der Waals surface area (Å²) in [6.07, 6.45) is -0.600. The summed E-state index contributed by atoms with van der Waals surface area (Å²) in [6.45, 7) is 4.67. The number of quaternary nitrogens is 1. The molecule has 0 aliphatic rings. The van der Waals surface area contributed by atoms with E-state index in [1.807, 2.05) is 83.5 Å². The van der Waals surface area contributed by atoms with Crippen molar-refractivity contribution in [2.75, 3.05) is 47.5 Å². The molecule has 0 bridgehead atoms. The average Bonchev–Trinajstić information content (AvgIpc) is 2.65. The van der Waals surface area contributed by atoms with Crippen molar-refractivity contribution in [3.63, 3.8) is 0 Å². The summed E-state index contributed by atoms with van der Waals surface area (Å²) in [5.41, 5.74) is 2.24. The highest BCUT2D eigenvalue weighted by molar-refractivity contribution is 7.47. The van der Waals surface area contributed by atoms with Gasteiger partial charge < -0.3 is 18.9 Å². The second-order valence-electron chi connectivity index (χ2n) is 8.29. The maximum Gasteiger partial charge on any atom is 0.472 e. The predicted molar refractivity (Wildman–Crippen MR) is 117 cm³/mol. The fourth-order valence-corrected chi connectivity index (χ4v) is 3.14. The molecular weight excluding hydrogens is 405 g/mol. The third kappa shape index (κ3) is 9.74. The van der Waals surface area contributed by atoms with Crippen LogP contribution in [0.2, 0.25) is 0 Å². The lowest BCUT2D eigenvalue weighted by Gasteiger charge is -2.24. The van der Waals surface area contributed by atoms with Gasteiger partial charge in [0.1, 0.15) is 31.3 Å². The van der Waals surface area contributed by atoms with Gasteiger partial charge in [-0.2, -0.15) is 0 Å². The smallest absolute Gasteiger partial charge is 0.472 e. The average molecular weight is 438 g/mol. The second kappa shape index (κ2) is 10.9. The molecule has 2 atom stereocenters. The Morgan fingerprint density at radius 3 is 1.93 bits per heavy atom. The molecule has 2 aromatic carbocycles.